The molecule has 0 atom stereocenters. The number of anilines is 1. The first-order valence-electron chi connectivity index (χ1n) is 6.62. The number of methoxy groups -OCH3 is 1. The van der Waals surface area contributed by atoms with Crippen LogP contribution in [0.4, 0.5) is 5.69 Å². The molecular formula is C16H17BrClNO2. The second-order valence-electron chi connectivity index (χ2n) is 4.39. The van der Waals surface area contributed by atoms with Gasteiger partial charge in [0.25, 0.3) is 0 Å². The second kappa shape index (κ2) is 7.57. The second-order valence-corrected chi connectivity index (χ2v) is 5.71. The van der Waals surface area contributed by atoms with E-state index in [0.29, 0.717) is 23.9 Å². The highest BCUT2D eigenvalue weighted by Crippen LogP contribution is 2.29. The minimum absolute atomic E-state index is 0.599. The third-order valence-corrected chi connectivity index (χ3v) is 3.75. The molecule has 0 saturated heterocycles. The predicted octanol–water partition coefficient (Wildman–Crippen LogP) is 5.12. The van der Waals surface area contributed by atoms with Gasteiger partial charge in [-0.1, -0.05) is 27.5 Å². The fourth-order valence-corrected chi connectivity index (χ4v) is 2.61. The van der Waals surface area contributed by atoms with Crippen LogP contribution in [0.5, 0.6) is 11.5 Å². The number of hydrogen-bond acceptors (Lipinski definition) is 3. The van der Waals surface area contributed by atoms with Crippen LogP contribution in [-0.2, 0) is 6.54 Å². The van der Waals surface area contributed by atoms with E-state index in [2.05, 4.69) is 21.2 Å². The molecule has 0 amide bonds. The lowest BCUT2D eigenvalue weighted by molar-refractivity contribution is 0.340. The van der Waals surface area contributed by atoms with E-state index in [1.54, 1.807) is 7.11 Å². The maximum atomic E-state index is 6.18. The van der Waals surface area contributed by atoms with Gasteiger partial charge in [-0.05, 0) is 43.3 Å². The Morgan fingerprint density at radius 2 is 1.90 bits per heavy atom. The normalized spacial score (nSPS) is 10.3. The molecule has 0 aliphatic rings. The van der Waals surface area contributed by atoms with Gasteiger partial charge in [0.2, 0.25) is 0 Å². The monoisotopic (exact) mass is 369 g/mol. The van der Waals surface area contributed by atoms with E-state index in [4.69, 9.17) is 21.1 Å². The molecule has 0 heterocycles. The summed E-state index contributed by atoms with van der Waals surface area (Å²) < 4.78 is 11.8. The molecule has 21 heavy (non-hydrogen) atoms. The van der Waals surface area contributed by atoms with Crippen LogP contribution in [-0.4, -0.2) is 13.7 Å². The molecule has 0 aliphatic heterocycles. The summed E-state index contributed by atoms with van der Waals surface area (Å²) in [5.74, 6) is 1.55. The van der Waals surface area contributed by atoms with E-state index in [1.165, 1.54) is 0 Å². The largest absolute Gasteiger partial charge is 0.496 e. The lowest BCUT2D eigenvalue weighted by atomic mass is 10.2. The summed E-state index contributed by atoms with van der Waals surface area (Å²) in [6.45, 7) is 3.18. The Morgan fingerprint density at radius 1 is 1.14 bits per heavy atom. The van der Waals surface area contributed by atoms with Crippen LogP contribution in [0.2, 0.25) is 5.02 Å². The molecule has 112 valence electrons. The summed E-state index contributed by atoms with van der Waals surface area (Å²) in [6.07, 6.45) is 0. The van der Waals surface area contributed by atoms with Gasteiger partial charge in [-0.25, -0.2) is 0 Å². The van der Waals surface area contributed by atoms with E-state index in [-0.39, 0.29) is 0 Å². The first kappa shape index (κ1) is 16.0. The Bertz CT molecular complexity index is 619. The highest BCUT2D eigenvalue weighted by atomic mass is 79.9. The van der Waals surface area contributed by atoms with E-state index < -0.39 is 0 Å². The third kappa shape index (κ3) is 4.29. The van der Waals surface area contributed by atoms with Gasteiger partial charge in [-0.3, -0.25) is 0 Å². The van der Waals surface area contributed by atoms with E-state index in [0.717, 1.165) is 21.5 Å². The number of ether oxygens (including phenoxy) is 2. The predicted molar refractivity (Wildman–Crippen MR) is 90.6 cm³/mol. The molecule has 1 N–H and O–H groups in total. The Labute approximate surface area is 138 Å². The summed E-state index contributed by atoms with van der Waals surface area (Å²) in [7, 11) is 1.67. The van der Waals surface area contributed by atoms with Gasteiger partial charge in [0.15, 0.2) is 0 Å². The average molecular weight is 371 g/mol. The number of rotatable bonds is 6. The molecule has 2 aromatic rings. The van der Waals surface area contributed by atoms with Crippen LogP contribution in [0.3, 0.4) is 0 Å². The number of benzene rings is 2. The van der Waals surface area contributed by atoms with Crippen molar-refractivity contribution in [1.29, 1.82) is 0 Å². The quantitative estimate of drug-likeness (QED) is 0.765. The molecule has 5 heteroatoms. The zero-order valence-electron chi connectivity index (χ0n) is 12.0. The standard InChI is InChI=1S/C16H17BrClNO2/c1-3-21-16-7-5-13(9-14(16)18)19-10-11-8-12(17)4-6-15(11)20-2/h4-9,19H,3,10H2,1-2H3. The fourth-order valence-electron chi connectivity index (χ4n) is 1.97. The zero-order chi connectivity index (χ0) is 15.2. The van der Waals surface area contributed by atoms with Gasteiger partial charge in [-0.2, -0.15) is 0 Å². The number of hydrogen-bond donors (Lipinski definition) is 1. The maximum absolute atomic E-state index is 6.18. The Morgan fingerprint density at radius 3 is 2.57 bits per heavy atom. The molecule has 0 saturated carbocycles. The molecule has 0 unspecified atom stereocenters. The summed E-state index contributed by atoms with van der Waals surface area (Å²) in [5.41, 5.74) is 2.00. The third-order valence-electron chi connectivity index (χ3n) is 2.96. The Kier molecular flexibility index (Phi) is 5.76. The molecular weight excluding hydrogens is 354 g/mol. The molecule has 0 aliphatic carbocycles. The van der Waals surface area contributed by atoms with Crippen LogP contribution in [0.25, 0.3) is 0 Å². The van der Waals surface area contributed by atoms with E-state index in [1.807, 2.05) is 43.3 Å². The molecule has 0 bridgehead atoms. The van der Waals surface area contributed by atoms with Crippen LogP contribution < -0.4 is 14.8 Å². The average Bonchev–Trinajstić information content (AvgIpc) is 2.48. The van der Waals surface area contributed by atoms with Crippen molar-refractivity contribution in [2.75, 3.05) is 19.0 Å². The number of halogens is 2. The smallest absolute Gasteiger partial charge is 0.138 e. The van der Waals surface area contributed by atoms with Gasteiger partial charge in [-0.15, -0.1) is 0 Å². The molecule has 0 aromatic heterocycles. The zero-order valence-corrected chi connectivity index (χ0v) is 14.3. The summed E-state index contributed by atoms with van der Waals surface area (Å²) >= 11 is 9.65. The first-order chi connectivity index (χ1) is 10.1. The van der Waals surface area contributed by atoms with Crippen molar-refractivity contribution in [1.82, 2.24) is 0 Å². The highest BCUT2D eigenvalue weighted by Gasteiger charge is 2.06. The molecule has 0 spiro atoms. The van der Waals surface area contributed by atoms with Crippen molar-refractivity contribution in [3.05, 3.63) is 51.5 Å². The van der Waals surface area contributed by atoms with Crippen molar-refractivity contribution >= 4 is 33.2 Å². The lowest BCUT2D eigenvalue weighted by Gasteiger charge is -2.12. The van der Waals surface area contributed by atoms with Crippen molar-refractivity contribution < 1.29 is 9.47 Å². The molecule has 2 rings (SSSR count). The maximum Gasteiger partial charge on any atom is 0.138 e. The Balaban J connectivity index is 2.09. The molecule has 0 radical (unpaired) electrons. The van der Waals surface area contributed by atoms with Crippen molar-refractivity contribution in [2.24, 2.45) is 0 Å². The van der Waals surface area contributed by atoms with Crippen molar-refractivity contribution in [3.63, 3.8) is 0 Å². The fraction of sp³-hybridized carbons (Fsp3) is 0.250. The summed E-state index contributed by atoms with van der Waals surface area (Å²) in [6, 6.07) is 11.6. The van der Waals surface area contributed by atoms with Gasteiger partial charge in [0, 0.05) is 22.3 Å². The Hall–Kier alpha value is -1.39. The van der Waals surface area contributed by atoms with Gasteiger partial charge in [0.05, 0.1) is 18.7 Å². The lowest BCUT2D eigenvalue weighted by Crippen LogP contribution is -2.02. The minimum atomic E-state index is 0.599. The SMILES string of the molecule is CCOc1ccc(NCc2cc(Br)ccc2OC)cc1Cl. The van der Waals surface area contributed by atoms with Gasteiger partial charge in [0.1, 0.15) is 11.5 Å². The highest BCUT2D eigenvalue weighted by molar-refractivity contribution is 9.10. The van der Waals surface area contributed by atoms with Crippen LogP contribution in [0.1, 0.15) is 12.5 Å². The topological polar surface area (TPSA) is 30.5 Å². The molecule has 2 aromatic carbocycles. The van der Waals surface area contributed by atoms with Crippen LogP contribution >= 0.6 is 27.5 Å². The first-order valence-corrected chi connectivity index (χ1v) is 7.79. The molecule has 0 fully saturated rings. The van der Waals surface area contributed by atoms with E-state index in [9.17, 15) is 0 Å². The van der Waals surface area contributed by atoms with Gasteiger partial charge >= 0.3 is 0 Å². The van der Waals surface area contributed by atoms with Crippen molar-refractivity contribution in [3.8, 4) is 11.5 Å². The van der Waals surface area contributed by atoms with Crippen molar-refractivity contribution in [2.45, 2.75) is 13.5 Å². The van der Waals surface area contributed by atoms with Crippen LogP contribution in [0, 0.1) is 0 Å². The van der Waals surface area contributed by atoms with E-state index >= 15 is 0 Å². The number of nitrogens with one attached hydrogen (secondary N) is 1. The summed E-state index contributed by atoms with van der Waals surface area (Å²) in [4.78, 5) is 0. The molecule has 3 nitrogen and oxygen atoms in total. The van der Waals surface area contributed by atoms with Crippen LogP contribution in [0.15, 0.2) is 40.9 Å². The van der Waals surface area contributed by atoms with Gasteiger partial charge < -0.3 is 14.8 Å². The summed E-state index contributed by atoms with van der Waals surface area (Å²) in [5, 5.41) is 3.93. The minimum Gasteiger partial charge on any atom is -0.496 e.